The Kier molecular flexibility index (Phi) is 7.48. The van der Waals surface area contributed by atoms with Crippen LogP contribution in [0.3, 0.4) is 0 Å². The Morgan fingerprint density at radius 3 is 2.18 bits per heavy atom. The molecule has 0 amide bonds. The van der Waals surface area contributed by atoms with Crippen molar-refractivity contribution in [2.75, 3.05) is 16.8 Å². The van der Waals surface area contributed by atoms with E-state index in [0.29, 0.717) is 22.6 Å². The zero-order chi connectivity index (χ0) is 36.1. The van der Waals surface area contributed by atoms with Crippen molar-refractivity contribution in [3.63, 3.8) is 0 Å². The predicted molar refractivity (Wildman–Crippen MR) is 209 cm³/mol. The van der Waals surface area contributed by atoms with Gasteiger partial charge in [0.2, 0.25) is 0 Å². The van der Waals surface area contributed by atoms with Gasteiger partial charge in [-0.3, -0.25) is 0 Å². The molecular formula is C46H25N6OPtS-3. The van der Waals surface area contributed by atoms with Crippen molar-refractivity contribution in [3.05, 3.63) is 180 Å². The maximum atomic E-state index is 10.7. The van der Waals surface area contributed by atoms with Crippen LogP contribution in [0.15, 0.2) is 137 Å². The summed E-state index contributed by atoms with van der Waals surface area (Å²) in [7, 11) is 2.03. The van der Waals surface area contributed by atoms with Crippen molar-refractivity contribution in [2.24, 2.45) is 0 Å². The van der Waals surface area contributed by atoms with Gasteiger partial charge in [0.15, 0.2) is 0 Å². The van der Waals surface area contributed by atoms with Gasteiger partial charge in [-0.25, -0.2) is 4.98 Å². The fourth-order valence-electron chi connectivity index (χ4n) is 8.75. The largest absolute Gasteiger partial charge is 0.509 e. The van der Waals surface area contributed by atoms with Crippen LogP contribution in [-0.4, -0.2) is 16.6 Å². The Morgan fingerprint density at radius 1 is 0.727 bits per heavy atom. The molecule has 6 aromatic carbocycles. The summed E-state index contributed by atoms with van der Waals surface area (Å²) >= 11 is 1.61. The molecule has 0 saturated heterocycles. The van der Waals surface area contributed by atoms with Gasteiger partial charge in [0.05, 0.1) is 23.3 Å². The maximum Gasteiger partial charge on any atom is 0.135 e. The first-order chi connectivity index (χ1) is 26.6. The zero-order valence-electron chi connectivity index (χ0n) is 29.0. The molecule has 264 valence electrons. The Bertz CT molecular complexity index is 2940. The molecule has 7 nitrogen and oxygen atoms in total. The molecule has 8 aromatic rings. The molecule has 11 rings (SSSR count). The Labute approximate surface area is 335 Å². The molecule has 9 heteroatoms. The van der Waals surface area contributed by atoms with Crippen molar-refractivity contribution in [3.8, 4) is 29.5 Å². The number of benzene rings is 6. The van der Waals surface area contributed by atoms with Crippen LogP contribution >= 0.6 is 11.8 Å². The normalized spacial score (nSPS) is 14.0. The predicted octanol–water partition coefficient (Wildman–Crippen LogP) is 10.2. The number of aromatic nitrogens is 2. The third-order valence-electron chi connectivity index (χ3n) is 10.8. The minimum Gasteiger partial charge on any atom is -0.509 e. The molecule has 0 unspecified atom stereocenters. The van der Waals surface area contributed by atoms with E-state index >= 15 is 0 Å². The summed E-state index contributed by atoms with van der Waals surface area (Å²) in [5.74, 6) is 1.85. The zero-order valence-corrected chi connectivity index (χ0v) is 32.1. The van der Waals surface area contributed by atoms with E-state index in [0.717, 1.165) is 76.7 Å². The average Bonchev–Trinajstić information content (AvgIpc) is 3.74. The summed E-state index contributed by atoms with van der Waals surface area (Å²) in [6.45, 7) is 2.06. The summed E-state index contributed by atoms with van der Waals surface area (Å²) in [5, 5.41) is 23.5. The van der Waals surface area contributed by atoms with Crippen LogP contribution in [0.2, 0.25) is 0 Å². The van der Waals surface area contributed by atoms with Gasteiger partial charge >= 0.3 is 0 Å². The summed E-state index contributed by atoms with van der Waals surface area (Å²) in [6.07, 6.45) is 1.79. The first-order valence-corrected chi connectivity index (χ1v) is 18.3. The van der Waals surface area contributed by atoms with Gasteiger partial charge in [0.25, 0.3) is 0 Å². The summed E-state index contributed by atoms with van der Waals surface area (Å²) in [4.78, 5) is 10.9. The fourth-order valence-corrected chi connectivity index (χ4v) is 10.0. The number of hydrogen-bond donors (Lipinski definition) is 0. The second kappa shape index (κ2) is 12.4. The van der Waals surface area contributed by atoms with Crippen molar-refractivity contribution < 1.29 is 25.8 Å². The maximum absolute atomic E-state index is 10.7. The number of nitriles is 2. The topological polar surface area (TPSA) is 81.1 Å². The minimum atomic E-state index is -0.992. The number of fused-ring (bicyclic) bond motifs is 11. The van der Waals surface area contributed by atoms with Gasteiger partial charge in [0.1, 0.15) is 5.82 Å². The number of nitrogens with zero attached hydrogens (tertiary/aromatic N) is 6. The van der Waals surface area contributed by atoms with E-state index in [4.69, 9.17) is 4.74 Å². The van der Waals surface area contributed by atoms with Crippen molar-refractivity contribution in [2.45, 2.75) is 15.2 Å². The van der Waals surface area contributed by atoms with Crippen LogP contribution in [-0.2, 0) is 26.5 Å². The molecule has 0 saturated carbocycles. The van der Waals surface area contributed by atoms with Crippen LogP contribution in [0.4, 0.5) is 17.1 Å². The van der Waals surface area contributed by atoms with E-state index in [9.17, 15) is 10.5 Å². The van der Waals surface area contributed by atoms with Gasteiger partial charge in [-0.1, -0.05) is 71.5 Å². The van der Waals surface area contributed by atoms with Gasteiger partial charge in [0, 0.05) is 70.9 Å². The fraction of sp³-hybridized carbons (Fsp3) is 0.0435. The Morgan fingerprint density at radius 2 is 1.44 bits per heavy atom. The molecule has 1 spiro atoms. The van der Waals surface area contributed by atoms with Crippen LogP contribution in [0.5, 0.6) is 11.5 Å². The Hall–Kier alpha value is -6.31. The summed E-state index contributed by atoms with van der Waals surface area (Å²) in [5.41, 5.74) is 8.49. The quantitative estimate of drug-likeness (QED) is 0.163. The summed E-state index contributed by atoms with van der Waals surface area (Å²) in [6, 6.07) is 52.6. The first kappa shape index (κ1) is 33.3. The van der Waals surface area contributed by atoms with E-state index in [1.165, 1.54) is 0 Å². The third-order valence-corrected chi connectivity index (χ3v) is 11.9. The molecular weight excluding hydrogens is 880 g/mol. The molecule has 0 N–H and O–H groups in total. The van der Waals surface area contributed by atoms with Gasteiger partial charge in [-0.15, -0.1) is 35.2 Å². The number of anilines is 3. The SMILES string of the molecule is CN1[CH-]N2c3[c-]c(Oc4[c-]c5c(cc4)c4ccccc4n5-c4ccccn4)ccc3C3(c4cccc1c42)c1c(C#N)cccc1Sc1cccc(C#N)c13.[Pt]. The molecule has 0 bridgehead atoms. The van der Waals surface area contributed by atoms with Crippen molar-refractivity contribution in [1.82, 2.24) is 9.55 Å². The average molecular weight is 905 g/mol. The van der Waals surface area contributed by atoms with E-state index in [1.54, 1.807) is 18.0 Å². The molecule has 0 atom stereocenters. The second-order valence-corrected chi connectivity index (χ2v) is 14.6. The molecule has 2 aromatic heterocycles. The van der Waals surface area contributed by atoms with Crippen LogP contribution < -0.4 is 14.5 Å². The van der Waals surface area contributed by atoms with Gasteiger partial charge in [-0.05, 0) is 77.7 Å². The monoisotopic (exact) mass is 904 g/mol. The van der Waals surface area contributed by atoms with Gasteiger partial charge in [-0.2, -0.15) is 29.3 Å². The van der Waals surface area contributed by atoms with E-state index in [2.05, 4.69) is 105 Å². The molecule has 0 aliphatic carbocycles. The number of para-hydroxylation sites is 2. The number of ether oxygens (including phenoxy) is 1. The molecule has 3 aliphatic rings. The van der Waals surface area contributed by atoms with E-state index in [-0.39, 0.29) is 21.1 Å². The van der Waals surface area contributed by atoms with Crippen molar-refractivity contribution in [1.29, 1.82) is 10.5 Å². The summed E-state index contributed by atoms with van der Waals surface area (Å²) < 4.78 is 8.77. The number of hydrogen-bond acceptors (Lipinski definition) is 7. The van der Waals surface area contributed by atoms with Gasteiger partial charge < -0.3 is 19.1 Å². The molecule has 0 radical (unpaired) electrons. The van der Waals surface area contributed by atoms with Crippen LogP contribution in [0, 0.1) is 41.5 Å². The third kappa shape index (κ3) is 4.50. The Balaban J connectivity index is 0.00000372. The van der Waals surface area contributed by atoms with Crippen LogP contribution in [0.1, 0.15) is 33.4 Å². The molecule has 3 aliphatic heterocycles. The second-order valence-electron chi connectivity index (χ2n) is 13.5. The van der Waals surface area contributed by atoms with Crippen molar-refractivity contribution >= 4 is 50.6 Å². The number of pyridine rings is 1. The standard InChI is InChI=1S/C46H25N6OS.Pt/c1-50-27-51-39-24-31(53-30-18-20-33-32-11-2-3-13-36(32)52(38(33)23-30)42-17-4-5-22-49-42)19-21-34(39)46(35-12-8-14-37(50)45(35)51)43-28(25-47)9-6-15-40(43)54-41-16-7-10-29(26-48)44(41)46;/h2-22,27H,1H3;/q-3;. The molecule has 5 heterocycles. The van der Waals surface area contributed by atoms with E-state index in [1.807, 2.05) is 73.8 Å². The molecule has 55 heavy (non-hydrogen) atoms. The van der Waals surface area contributed by atoms with E-state index < -0.39 is 5.41 Å². The first-order valence-electron chi connectivity index (χ1n) is 17.5. The number of rotatable bonds is 3. The molecule has 0 fully saturated rings. The minimum absolute atomic E-state index is 0. The van der Waals surface area contributed by atoms with Crippen LogP contribution in [0.25, 0.3) is 27.6 Å². The smallest absolute Gasteiger partial charge is 0.135 e.